The molecule has 0 fully saturated rings. The van der Waals surface area contributed by atoms with Gasteiger partial charge in [0.1, 0.15) is 0 Å². The number of Topliss-reactive ketones (excluding diaryl/α,β-unsaturated/α-hetero) is 1. The summed E-state index contributed by atoms with van der Waals surface area (Å²) in [6, 6.07) is 13.6. The van der Waals surface area contributed by atoms with E-state index in [0.29, 0.717) is 6.42 Å². The highest BCUT2D eigenvalue weighted by Crippen LogP contribution is 2.37. The van der Waals surface area contributed by atoms with E-state index in [4.69, 9.17) is 0 Å². The average Bonchev–Trinajstić information content (AvgIpc) is 2.76. The van der Waals surface area contributed by atoms with Gasteiger partial charge in [-0.1, -0.05) is 36.4 Å². The molecule has 0 aromatic heterocycles. The summed E-state index contributed by atoms with van der Waals surface area (Å²) in [6.07, 6.45) is -0.0662. The number of aliphatic hydroxyl groups excluding tert-OH is 1. The first kappa shape index (κ1) is 13.8. The molecular formula is C18H19NO2. The van der Waals surface area contributed by atoms with Gasteiger partial charge in [-0.3, -0.25) is 4.79 Å². The van der Waals surface area contributed by atoms with Crippen molar-refractivity contribution in [2.24, 2.45) is 0 Å². The molecular weight excluding hydrogens is 262 g/mol. The van der Waals surface area contributed by atoms with Crippen LogP contribution in [0.1, 0.15) is 29.3 Å². The summed E-state index contributed by atoms with van der Waals surface area (Å²) in [4.78, 5) is 12.7. The van der Waals surface area contributed by atoms with Crippen molar-refractivity contribution >= 4 is 11.5 Å². The predicted octanol–water partition coefficient (Wildman–Crippen LogP) is 3.41. The lowest BCUT2D eigenvalue weighted by atomic mass is 9.92. The second-order valence-electron chi connectivity index (χ2n) is 5.69. The van der Waals surface area contributed by atoms with Gasteiger partial charge >= 0.3 is 0 Å². The highest BCUT2D eigenvalue weighted by atomic mass is 16.3. The average molecular weight is 281 g/mol. The quantitative estimate of drug-likeness (QED) is 0.906. The normalized spacial score (nSPS) is 18.2. The summed E-state index contributed by atoms with van der Waals surface area (Å²) >= 11 is 0. The van der Waals surface area contributed by atoms with E-state index in [9.17, 15) is 9.90 Å². The maximum Gasteiger partial charge on any atom is 0.187 e. The van der Waals surface area contributed by atoms with E-state index in [1.54, 1.807) is 6.92 Å². The number of carbonyl (C=O) groups is 1. The molecule has 3 heteroatoms. The van der Waals surface area contributed by atoms with Crippen molar-refractivity contribution in [1.82, 2.24) is 0 Å². The van der Waals surface area contributed by atoms with E-state index in [1.165, 1.54) is 0 Å². The van der Waals surface area contributed by atoms with E-state index in [2.05, 4.69) is 18.3 Å². The molecule has 0 saturated carbocycles. The van der Waals surface area contributed by atoms with Crippen LogP contribution in [-0.4, -0.2) is 23.0 Å². The van der Waals surface area contributed by atoms with Crippen LogP contribution in [0.25, 0.3) is 11.1 Å². The number of nitrogens with one attached hydrogen (secondary N) is 1. The fourth-order valence-electron chi connectivity index (χ4n) is 2.97. The van der Waals surface area contributed by atoms with Gasteiger partial charge in [0.05, 0.1) is 17.7 Å². The molecule has 0 radical (unpaired) electrons. The zero-order valence-corrected chi connectivity index (χ0v) is 12.3. The first-order valence-corrected chi connectivity index (χ1v) is 7.25. The van der Waals surface area contributed by atoms with Gasteiger partial charge in [0.25, 0.3) is 0 Å². The minimum absolute atomic E-state index is 0.0738. The summed E-state index contributed by atoms with van der Waals surface area (Å²) in [7, 11) is 0. The summed E-state index contributed by atoms with van der Waals surface area (Å²) in [5.41, 5.74) is 4.82. The Labute approximate surface area is 124 Å². The Balaban J connectivity index is 2.07. The van der Waals surface area contributed by atoms with Crippen molar-refractivity contribution in [2.45, 2.75) is 32.4 Å². The summed E-state index contributed by atoms with van der Waals surface area (Å²) < 4.78 is 0. The van der Waals surface area contributed by atoms with E-state index >= 15 is 0 Å². The van der Waals surface area contributed by atoms with E-state index in [0.717, 1.165) is 27.9 Å². The van der Waals surface area contributed by atoms with E-state index in [1.807, 2.05) is 36.4 Å². The van der Waals surface area contributed by atoms with E-state index < -0.39 is 6.10 Å². The monoisotopic (exact) mass is 281 g/mol. The molecule has 0 bridgehead atoms. The van der Waals surface area contributed by atoms with Gasteiger partial charge in [0, 0.05) is 12.1 Å². The molecule has 108 valence electrons. The van der Waals surface area contributed by atoms with Gasteiger partial charge in [-0.25, -0.2) is 0 Å². The van der Waals surface area contributed by atoms with Crippen LogP contribution in [0.4, 0.5) is 5.69 Å². The third-order valence-electron chi connectivity index (χ3n) is 3.97. The molecule has 0 unspecified atom stereocenters. The lowest BCUT2D eigenvalue weighted by molar-refractivity contribution is 0.0942. The molecule has 0 saturated heterocycles. The highest BCUT2D eigenvalue weighted by Gasteiger charge is 2.33. The minimum atomic E-state index is -0.498. The highest BCUT2D eigenvalue weighted by molar-refractivity contribution is 6.15. The minimum Gasteiger partial charge on any atom is -0.393 e. The molecule has 0 aliphatic carbocycles. The maximum absolute atomic E-state index is 12.7. The molecule has 1 heterocycles. The standard InChI is InChI=1S/C18H19NO2/c1-11-6-3-4-7-13(11)14-8-5-9-15-17(14)18(21)16(19-15)10-12(2)20/h3-9,12,16,19-20H,10H2,1-2H3/t12-,16-/m0/s1. The van der Waals surface area contributed by atoms with Crippen molar-refractivity contribution in [2.75, 3.05) is 5.32 Å². The number of benzene rings is 2. The topological polar surface area (TPSA) is 49.3 Å². The van der Waals surface area contributed by atoms with Crippen LogP contribution in [0, 0.1) is 6.92 Å². The Morgan fingerprint density at radius 2 is 1.86 bits per heavy atom. The molecule has 3 nitrogen and oxygen atoms in total. The van der Waals surface area contributed by atoms with Crippen molar-refractivity contribution in [1.29, 1.82) is 0 Å². The number of ketones is 1. The van der Waals surface area contributed by atoms with Gasteiger partial charge in [-0.15, -0.1) is 0 Å². The van der Waals surface area contributed by atoms with Crippen LogP contribution in [0.2, 0.25) is 0 Å². The van der Waals surface area contributed by atoms with E-state index in [-0.39, 0.29) is 11.8 Å². The van der Waals surface area contributed by atoms with Crippen LogP contribution in [0.3, 0.4) is 0 Å². The zero-order chi connectivity index (χ0) is 15.0. The number of carbonyl (C=O) groups excluding carboxylic acids is 1. The predicted molar refractivity (Wildman–Crippen MR) is 84.7 cm³/mol. The first-order chi connectivity index (χ1) is 10.1. The lowest BCUT2D eigenvalue weighted by Crippen LogP contribution is -2.26. The maximum atomic E-state index is 12.7. The number of rotatable bonds is 3. The van der Waals surface area contributed by atoms with Gasteiger partial charge in [-0.2, -0.15) is 0 Å². The molecule has 0 amide bonds. The lowest BCUT2D eigenvalue weighted by Gasteiger charge is -2.11. The van der Waals surface area contributed by atoms with Crippen LogP contribution in [0.15, 0.2) is 42.5 Å². The third kappa shape index (κ3) is 2.45. The number of hydrogen-bond acceptors (Lipinski definition) is 3. The van der Waals surface area contributed by atoms with Crippen molar-refractivity contribution in [3.63, 3.8) is 0 Å². The molecule has 2 aromatic rings. The molecule has 1 aliphatic heterocycles. The number of fused-ring (bicyclic) bond motifs is 1. The number of hydrogen-bond donors (Lipinski definition) is 2. The summed E-state index contributed by atoms with van der Waals surface area (Å²) in [6.45, 7) is 3.76. The van der Waals surface area contributed by atoms with Crippen molar-refractivity contribution in [3.05, 3.63) is 53.6 Å². The summed E-state index contributed by atoms with van der Waals surface area (Å²) in [5, 5.41) is 12.8. The molecule has 0 spiro atoms. The second kappa shape index (κ2) is 5.34. The third-order valence-corrected chi connectivity index (χ3v) is 3.97. The largest absolute Gasteiger partial charge is 0.393 e. The molecule has 2 atom stereocenters. The molecule has 2 aromatic carbocycles. The molecule has 1 aliphatic rings. The van der Waals surface area contributed by atoms with Gasteiger partial charge in [0.15, 0.2) is 5.78 Å². The molecule has 2 N–H and O–H groups in total. The van der Waals surface area contributed by atoms with Gasteiger partial charge in [-0.05, 0) is 36.6 Å². The SMILES string of the molecule is Cc1ccccc1-c1cccc2c1C(=O)[C@H](C[C@H](C)O)N2. The molecule has 3 rings (SSSR count). The fraction of sp³-hybridized carbons (Fsp3) is 0.278. The Morgan fingerprint density at radius 3 is 2.57 bits per heavy atom. The Bertz CT molecular complexity index is 691. The van der Waals surface area contributed by atoms with Crippen molar-refractivity contribution in [3.8, 4) is 11.1 Å². The van der Waals surface area contributed by atoms with Crippen molar-refractivity contribution < 1.29 is 9.90 Å². The Kier molecular flexibility index (Phi) is 3.52. The van der Waals surface area contributed by atoms with Crippen LogP contribution >= 0.6 is 0 Å². The second-order valence-corrected chi connectivity index (χ2v) is 5.69. The molecule has 21 heavy (non-hydrogen) atoms. The van der Waals surface area contributed by atoms with Crippen LogP contribution < -0.4 is 5.32 Å². The van der Waals surface area contributed by atoms with Gasteiger partial charge in [0.2, 0.25) is 0 Å². The van der Waals surface area contributed by atoms with Crippen LogP contribution in [0.5, 0.6) is 0 Å². The number of anilines is 1. The summed E-state index contributed by atoms with van der Waals surface area (Å²) in [5.74, 6) is 0.0738. The van der Waals surface area contributed by atoms with Crippen LogP contribution in [-0.2, 0) is 0 Å². The Hall–Kier alpha value is -2.13. The van der Waals surface area contributed by atoms with Gasteiger partial charge < -0.3 is 10.4 Å². The fourth-order valence-corrected chi connectivity index (χ4v) is 2.97. The Morgan fingerprint density at radius 1 is 1.14 bits per heavy atom. The number of aliphatic hydroxyl groups is 1. The smallest absolute Gasteiger partial charge is 0.187 e. The first-order valence-electron chi connectivity index (χ1n) is 7.25. The zero-order valence-electron chi connectivity index (χ0n) is 12.3. The number of aryl methyl sites for hydroxylation is 1.